The number of phosphoric acid groups is 2. The van der Waals surface area contributed by atoms with Gasteiger partial charge in [-0.15, -0.1) is 11.6 Å². The van der Waals surface area contributed by atoms with Crippen molar-refractivity contribution in [2.75, 3.05) is 6.67 Å². The monoisotopic (exact) mass is 564 g/mol. The minimum Gasteiger partial charge on any atom is -0.388 e. The molecule has 32 heavy (non-hydrogen) atoms. The first kappa shape index (κ1) is 28.0. The number of nitrogens with one attached hydrogen (secondary N) is 1. The number of nitrogens with zero attached hydrogens (tertiary/aromatic N) is 1. The fourth-order valence-corrected chi connectivity index (χ4v) is 7.24. The lowest BCUT2D eigenvalue weighted by atomic mass is 9.97. The van der Waals surface area contributed by atoms with E-state index in [1.165, 1.54) is 0 Å². The van der Waals surface area contributed by atoms with E-state index in [1.807, 2.05) is 4.98 Å². The van der Waals surface area contributed by atoms with Crippen LogP contribution in [-0.4, -0.2) is 64.1 Å². The molecule has 0 bridgehead atoms. The van der Waals surface area contributed by atoms with Crippen molar-refractivity contribution in [1.29, 1.82) is 0 Å². The first-order valence-corrected chi connectivity index (χ1v) is 14.5. The Kier molecular flexibility index (Phi) is 8.54. The van der Waals surface area contributed by atoms with Crippen LogP contribution in [0.2, 0.25) is 0 Å². The van der Waals surface area contributed by atoms with Crippen LogP contribution in [0.25, 0.3) is 0 Å². The van der Waals surface area contributed by atoms with Crippen molar-refractivity contribution in [2.24, 2.45) is 0 Å². The van der Waals surface area contributed by atoms with E-state index < -0.39 is 70.2 Å². The maximum Gasteiger partial charge on any atom is 0.488 e. The third-order valence-corrected chi connectivity index (χ3v) is 9.23. The number of aliphatic hydroxyl groups is 1. The van der Waals surface area contributed by atoms with Gasteiger partial charge in [-0.05, 0) is 15.5 Å². The van der Waals surface area contributed by atoms with E-state index in [2.05, 4.69) is 21.7 Å². The van der Waals surface area contributed by atoms with E-state index in [0.717, 1.165) is 19.2 Å². The van der Waals surface area contributed by atoms with Crippen molar-refractivity contribution in [2.45, 2.75) is 36.3 Å². The molecule has 2 heterocycles. The van der Waals surface area contributed by atoms with Crippen LogP contribution in [0.4, 0.5) is 4.39 Å². The van der Waals surface area contributed by atoms with E-state index >= 15 is 0 Å². The lowest BCUT2D eigenvalue weighted by Gasteiger charge is -2.28. The molecule has 0 radical (unpaired) electrons. The Morgan fingerprint density at radius 3 is 2.41 bits per heavy atom. The molecule has 0 aromatic carbocycles. The second-order valence-corrected chi connectivity index (χ2v) is 13.4. The number of H-pyrrole nitrogens is 1. The van der Waals surface area contributed by atoms with Crippen LogP contribution in [0, 0.1) is 0 Å². The topological polar surface area (TPSA) is 227 Å². The molecule has 3 unspecified atom stereocenters. The Morgan fingerprint density at radius 2 is 1.91 bits per heavy atom. The van der Waals surface area contributed by atoms with Crippen LogP contribution in [0.3, 0.4) is 0 Å². The Hall–Kier alpha value is -0.270. The second-order valence-electron chi connectivity index (χ2n) is 6.43. The van der Waals surface area contributed by atoms with Crippen LogP contribution in [0.15, 0.2) is 21.9 Å². The van der Waals surface area contributed by atoms with E-state index in [0.29, 0.717) is 4.57 Å². The van der Waals surface area contributed by atoms with Crippen molar-refractivity contribution in [1.82, 2.24) is 9.55 Å². The molecule has 0 saturated carbocycles. The number of rotatable bonds is 9. The average Bonchev–Trinajstić information content (AvgIpc) is 2.84. The minimum absolute atomic E-state index is 0.663. The van der Waals surface area contributed by atoms with Crippen LogP contribution in [0.1, 0.15) is 13.2 Å². The Balaban J connectivity index is 2.26. The molecule has 21 heteroatoms. The Labute approximate surface area is 185 Å². The molecule has 1 aromatic heterocycles. The summed E-state index contributed by atoms with van der Waals surface area (Å²) in [7, 11) is -13.4. The Morgan fingerprint density at radius 1 is 1.31 bits per heavy atom. The van der Waals surface area contributed by atoms with Gasteiger partial charge in [-0.3, -0.25) is 18.9 Å². The zero-order chi connectivity index (χ0) is 24.7. The van der Waals surface area contributed by atoms with Crippen molar-refractivity contribution in [3.63, 3.8) is 0 Å². The summed E-state index contributed by atoms with van der Waals surface area (Å²) < 4.78 is 55.8. The zero-order valence-electron chi connectivity index (χ0n) is 15.7. The van der Waals surface area contributed by atoms with Crippen molar-refractivity contribution in [3.8, 4) is 0 Å². The van der Waals surface area contributed by atoms with Gasteiger partial charge in [0.15, 0.2) is 6.23 Å². The van der Waals surface area contributed by atoms with Crippen molar-refractivity contribution >= 4 is 43.0 Å². The normalized spacial score (nSPS) is 31.1. The third kappa shape index (κ3) is 6.65. The highest BCUT2D eigenvalue weighted by Crippen LogP contribution is 2.68. The zero-order valence-corrected chi connectivity index (χ0v) is 20.2. The molecular weight excluding hydrogens is 546 g/mol. The molecule has 7 atom stereocenters. The predicted octanol–water partition coefficient (Wildman–Crippen LogP) is 0.186. The van der Waals surface area contributed by atoms with Gasteiger partial charge in [-0.2, -0.15) is 4.31 Å². The van der Waals surface area contributed by atoms with Gasteiger partial charge in [0.1, 0.15) is 23.8 Å². The number of alkyl halides is 2. The number of phosphoric ester groups is 1. The molecule has 1 aromatic rings. The summed E-state index contributed by atoms with van der Waals surface area (Å²) in [6, 6.07) is 0.892. The number of hydrogen-bond donors (Lipinski definition) is 6. The van der Waals surface area contributed by atoms with Crippen LogP contribution >= 0.6 is 43.0 Å². The fourth-order valence-electron chi connectivity index (χ4n) is 2.76. The highest BCUT2D eigenvalue weighted by atomic mass is 35.5. The maximum atomic E-state index is 13.8. The summed E-state index contributed by atoms with van der Waals surface area (Å²) >= 11 is 6.13. The quantitative estimate of drug-likeness (QED) is 0.174. The first-order valence-electron chi connectivity index (χ1n) is 8.17. The second kappa shape index (κ2) is 9.77. The average molecular weight is 565 g/mol. The van der Waals surface area contributed by atoms with Crippen molar-refractivity contribution < 1.29 is 56.1 Å². The third-order valence-electron chi connectivity index (χ3n) is 3.99. The number of hydrogen-bond acceptors (Lipinski definition) is 9. The molecule has 0 aliphatic carbocycles. The molecule has 0 spiro atoms. The highest BCUT2D eigenvalue weighted by Gasteiger charge is 2.59. The number of aromatic amines is 1. The lowest BCUT2D eigenvalue weighted by molar-refractivity contribution is -0.0755. The number of aromatic nitrogens is 2. The van der Waals surface area contributed by atoms with Crippen LogP contribution in [-0.2, 0) is 27.0 Å². The summed E-state index contributed by atoms with van der Waals surface area (Å²) in [5.74, 6) is 0. The van der Waals surface area contributed by atoms with E-state index in [-0.39, 0.29) is 0 Å². The number of aliphatic hydroxyl groups excluding tert-OH is 1. The van der Waals surface area contributed by atoms with Gasteiger partial charge in [0, 0.05) is 12.3 Å². The van der Waals surface area contributed by atoms with Gasteiger partial charge in [0.25, 0.3) is 12.8 Å². The van der Waals surface area contributed by atoms with E-state index in [1.54, 1.807) is 0 Å². The lowest BCUT2D eigenvalue weighted by Crippen LogP contribution is -2.47. The Bertz CT molecular complexity index is 1110. The number of ether oxygens (including phenoxy) is 1. The fraction of sp³-hybridized carbons (Fsp3) is 0.636. The first-order chi connectivity index (χ1) is 14.4. The molecule has 1 aliphatic heterocycles. The smallest absolute Gasteiger partial charge is 0.388 e. The van der Waals surface area contributed by atoms with E-state index in [4.69, 9.17) is 26.1 Å². The summed E-state index contributed by atoms with van der Waals surface area (Å²) in [6.07, 6.45) is -6.18. The van der Waals surface area contributed by atoms with Gasteiger partial charge in [-0.1, -0.05) is 0 Å². The van der Waals surface area contributed by atoms with Gasteiger partial charge >= 0.3 is 21.3 Å². The largest absolute Gasteiger partial charge is 0.488 e. The molecule has 1 fully saturated rings. The standard InChI is InChI=1S/C11H18ClFN2O13P4/c1-5(26-30(19,20)27-31(21,22)28-32(23,24)29)7-8(17)11(12,4-13)9(25-7)15-3-2-6(16)14-10(15)18/h2-3,5,7-9,17,23-24,29H,4H2,1H3,(H,19,20)(H,21,22)(H,14,16,18)/t5-,7-,8+,9-,11?/m1/s1. The molecular formula is C11H18ClFN2O13P4. The molecule has 15 nitrogen and oxygen atoms in total. The molecule has 6 N–H and O–H groups in total. The van der Waals surface area contributed by atoms with Gasteiger partial charge in [-0.25, -0.2) is 22.6 Å². The molecule has 1 saturated heterocycles. The van der Waals surface area contributed by atoms with E-state index in [9.17, 15) is 38.0 Å². The van der Waals surface area contributed by atoms with Crippen LogP contribution in [0.5, 0.6) is 0 Å². The summed E-state index contributed by atoms with van der Waals surface area (Å²) in [5, 5.41) is 10.5. The summed E-state index contributed by atoms with van der Waals surface area (Å²) in [6.45, 7) is -0.456. The summed E-state index contributed by atoms with van der Waals surface area (Å²) in [5.41, 5.74) is -1.85. The molecule has 2 rings (SSSR count). The SMILES string of the molecule is C[C@@H](OP(=O)(O)OP(=O)(O)OP(O)(O)=P)[C@H]1O[C@@H](n2ccc(=O)[nH]c2=O)C(Cl)(CF)[C@H]1O. The van der Waals surface area contributed by atoms with Crippen LogP contribution < -0.4 is 11.2 Å². The summed E-state index contributed by atoms with van der Waals surface area (Å²) in [4.78, 5) is 59.8. The van der Waals surface area contributed by atoms with Crippen molar-refractivity contribution in [3.05, 3.63) is 33.1 Å². The molecule has 1 aliphatic rings. The predicted molar refractivity (Wildman–Crippen MR) is 108 cm³/mol. The van der Waals surface area contributed by atoms with Gasteiger partial charge < -0.3 is 29.4 Å². The number of halogens is 2. The molecule has 0 amide bonds. The highest BCUT2D eigenvalue weighted by molar-refractivity contribution is 7.91. The molecule has 184 valence electrons. The van der Waals surface area contributed by atoms with Gasteiger partial charge in [0.05, 0.1) is 6.10 Å². The van der Waals surface area contributed by atoms with Gasteiger partial charge in [0.2, 0.25) is 0 Å². The minimum atomic E-state index is -5.55. The maximum absolute atomic E-state index is 13.8.